The molecular weight excluding hydrogens is 454 g/mol. The molecule has 0 aromatic carbocycles. The predicted molar refractivity (Wildman–Crippen MR) is 140 cm³/mol. The van der Waals surface area contributed by atoms with Gasteiger partial charge in [0.2, 0.25) is 11.8 Å². The summed E-state index contributed by atoms with van der Waals surface area (Å²) < 4.78 is 0. The Morgan fingerprint density at radius 3 is 2.31 bits per heavy atom. The van der Waals surface area contributed by atoms with Gasteiger partial charge in [0.25, 0.3) is 0 Å². The minimum Gasteiger partial charge on any atom is -0.387 e. The van der Waals surface area contributed by atoms with E-state index in [-0.39, 0.29) is 47.8 Å². The van der Waals surface area contributed by atoms with Crippen LogP contribution in [0.15, 0.2) is 0 Å². The highest BCUT2D eigenvalue weighted by molar-refractivity contribution is 5.83. The molecule has 0 bridgehead atoms. The topological polar surface area (TPSA) is 149 Å². The van der Waals surface area contributed by atoms with Crippen LogP contribution in [0.5, 0.6) is 0 Å². The van der Waals surface area contributed by atoms with Crippen molar-refractivity contribution in [1.82, 2.24) is 20.9 Å². The second-order valence-corrected chi connectivity index (χ2v) is 12.5. The molecule has 0 aromatic rings. The van der Waals surface area contributed by atoms with E-state index < -0.39 is 0 Å². The van der Waals surface area contributed by atoms with Crippen LogP contribution in [-0.2, 0) is 9.59 Å². The van der Waals surface area contributed by atoms with Gasteiger partial charge in [-0.15, -0.1) is 0 Å². The molecule has 0 aromatic heterocycles. The molecule has 2 amide bonds. The van der Waals surface area contributed by atoms with Crippen LogP contribution < -0.4 is 27.4 Å². The van der Waals surface area contributed by atoms with E-state index in [9.17, 15) is 9.59 Å². The number of nitrogens with two attached hydrogens (primary N) is 2. The Morgan fingerprint density at radius 2 is 1.61 bits per heavy atom. The molecular formula is C27H47N7O2. The minimum atomic E-state index is -0.0997. The summed E-state index contributed by atoms with van der Waals surface area (Å²) >= 11 is 0. The van der Waals surface area contributed by atoms with E-state index in [1.165, 1.54) is 0 Å². The summed E-state index contributed by atoms with van der Waals surface area (Å²) in [6.07, 6.45) is 12.0. The van der Waals surface area contributed by atoms with Crippen LogP contribution in [0.2, 0.25) is 0 Å². The summed E-state index contributed by atoms with van der Waals surface area (Å²) in [7, 11) is 0. The first-order valence-electron chi connectivity index (χ1n) is 14.5. The zero-order valence-electron chi connectivity index (χ0n) is 21.7. The van der Waals surface area contributed by atoms with E-state index in [1.807, 2.05) is 0 Å². The summed E-state index contributed by atoms with van der Waals surface area (Å²) in [6.45, 7) is 2.48. The number of likely N-dealkylation sites (tertiary alicyclic amines) is 1. The van der Waals surface area contributed by atoms with Gasteiger partial charge in [-0.3, -0.25) is 19.9 Å². The zero-order valence-corrected chi connectivity index (χ0v) is 21.7. The van der Waals surface area contributed by atoms with Gasteiger partial charge in [-0.25, -0.2) is 0 Å². The number of hydrogen-bond donors (Lipinski definition) is 6. The van der Waals surface area contributed by atoms with Gasteiger partial charge >= 0.3 is 0 Å². The van der Waals surface area contributed by atoms with Gasteiger partial charge in [0.15, 0.2) is 0 Å². The summed E-state index contributed by atoms with van der Waals surface area (Å²) in [6, 6.07) is 0.969. The highest BCUT2D eigenvalue weighted by Crippen LogP contribution is 2.43. The third kappa shape index (κ3) is 5.89. The Balaban J connectivity index is 1.24. The zero-order chi connectivity index (χ0) is 25.2. The Bertz CT molecular complexity index is 810. The number of fused-ring (bicyclic) bond motifs is 1. The lowest BCUT2D eigenvalue weighted by Crippen LogP contribution is -2.54. The molecule has 0 radical (unpaired) electrons. The molecule has 2 saturated heterocycles. The molecule has 0 spiro atoms. The molecule has 202 valence electrons. The van der Waals surface area contributed by atoms with Crippen molar-refractivity contribution in [3.05, 3.63) is 0 Å². The summed E-state index contributed by atoms with van der Waals surface area (Å²) in [5.41, 5.74) is 12.0. The molecule has 5 rings (SSSR count). The highest BCUT2D eigenvalue weighted by atomic mass is 16.2. The fraction of sp³-hybridized carbons (Fsp3) is 0.889. The second-order valence-electron chi connectivity index (χ2n) is 12.5. The minimum absolute atomic E-state index is 0.0997. The maximum Gasteiger partial charge on any atom is 0.237 e. The van der Waals surface area contributed by atoms with Crippen molar-refractivity contribution < 1.29 is 9.59 Å². The number of nitrogens with one attached hydrogen (secondary N) is 4. The lowest BCUT2D eigenvalue weighted by Gasteiger charge is -2.40. The molecule has 2 aliphatic heterocycles. The molecule has 2 heterocycles. The van der Waals surface area contributed by atoms with Gasteiger partial charge in [-0.05, 0) is 82.5 Å². The van der Waals surface area contributed by atoms with Crippen LogP contribution in [0.25, 0.3) is 0 Å². The lowest BCUT2D eigenvalue weighted by atomic mass is 9.77. The molecule has 6 atom stereocenters. The van der Waals surface area contributed by atoms with Crippen LogP contribution in [-0.4, -0.2) is 72.4 Å². The predicted octanol–water partition coefficient (Wildman–Crippen LogP) is 1.06. The van der Waals surface area contributed by atoms with E-state index in [2.05, 4.69) is 20.9 Å². The van der Waals surface area contributed by atoms with E-state index >= 15 is 0 Å². The fourth-order valence-electron chi connectivity index (χ4n) is 7.59. The first-order valence-corrected chi connectivity index (χ1v) is 14.5. The van der Waals surface area contributed by atoms with Crippen molar-refractivity contribution in [3.8, 4) is 0 Å². The van der Waals surface area contributed by atoms with Gasteiger partial charge < -0.3 is 27.4 Å². The number of hydrogen-bond acceptors (Lipinski definition) is 6. The van der Waals surface area contributed by atoms with E-state index in [4.69, 9.17) is 16.9 Å². The average Bonchev–Trinajstić information content (AvgIpc) is 3.17. The SMILES string of the molecule is N=C(N)C1CCC2CC(C(=O)NC3CCC(N)CC3)N(CC3CCCC(NC(=O)C4CNC4)C3)C2C1. The Labute approximate surface area is 215 Å². The number of rotatable bonds is 7. The van der Waals surface area contributed by atoms with Crippen LogP contribution in [0.4, 0.5) is 0 Å². The monoisotopic (exact) mass is 501 g/mol. The van der Waals surface area contributed by atoms with Crippen LogP contribution in [0, 0.1) is 29.1 Å². The van der Waals surface area contributed by atoms with Crippen molar-refractivity contribution in [2.45, 2.75) is 107 Å². The smallest absolute Gasteiger partial charge is 0.237 e. The molecule has 6 unspecified atom stereocenters. The van der Waals surface area contributed by atoms with Gasteiger partial charge in [0.05, 0.1) is 17.8 Å². The molecule has 3 aliphatic carbocycles. The molecule has 3 saturated carbocycles. The number of carbonyl (C=O) groups is 2. The number of amides is 2. The maximum absolute atomic E-state index is 13.6. The number of carbonyl (C=O) groups excluding carboxylic acids is 2. The van der Waals surface area contributed by atoms with Crippen molar-refractivity contribution in [3.63, 3.8) is 0 Å². The van der Waals surface area contributed by atoms with Crippen LogP contribution in [0.3, 0.4) is 0 Å². The second kappa shape index (κ2) is 11.4. The fourth-order valence-corrected chi connectivity index (χ4v) is 7.59. The van der Waals surface area contributed by atoms with Gasteiger partial charge in [0, 0.05) is 49.7 Å². The van der Waals surface area contributed by atoms with E-state index in [0.717, 1.165) is 96.7 Å². The summed E-state index contributed by atoms with van der Waals surface area (Å²) in [5, 5.41) is 17.9. The Morgan fingerprint density at radius 1 is 0.861 bits per heavy atom. The van der Waals surface area contributed by atoms with Crippen molar-refractivity contribution in [2.24, 2.45) is 35.1 Å². The lowest BCUT2D eigenvalue weighted by molar-refractivity contribution is -0.127. The van der Waals surface area contributed by atoms with Gasteiger partial charge in [-0.2, -0.15) is 0 Å². The molecule has 9 heteroatoms. The standard InChI is InChI=1S/C27H47N7O2/c28-20-6-8-21(9-7-20)32-27(36)24-11-17-4-5-18(25(29)30)12-23(17)34(24)15-16-2-1-3-22(10-16)33-26(35)19-13-31-14-19/h16-24,31H,1-15,28H2,(H3,29,30)(H,32,36)(H,33,35). The largest absolute Gasteiger partial charge is 0.387 e. The van der Waals surface area contributed by atoms with Gasteiger partial charge in [0.1, 0.15) is 0 Å². The average molecular weight is 502 g/mol. The third-order valence-corrected chi connectivity index (χ3v) is 9.92. The molecule has 8 N–H and O–H groups in total. The Kier molecular flexibility index (Phi) is 8.17. The van der Waals surface area contributed by atoms with Crippen LogP contribution in [0.1, 0.15) is 77.0 Å². The van der Waals surface area contributed by atoms with E-state index in [0.29, 0.717) is 23.7 Å². The van der Waals surface area contributed by atoms with Crippen molar-refractivity contribution in [1.29, 1.82) is 5.41 Å². The number of amidine groups is 1. The summed E-state index contributed by atoms with van der Waals surface area (Å²) in [5.74, 6) is 1.90. The first-order chi connectivity index (χ1) is 17.4. The summed E-state index contributed by atoms with van der Waals surface area (Å²) in [4.78, 5) is 28.6. The molecule has 9 nitrogen and oxygen atoms in total. The third-order valence-electron chi connectivity index (χ3n) is 9.92. The Hall–Kier alpha value is -1.71. The normalized spacial score (nSPS) is 39.6. The van der Waals surface area contributed by atoms with Crippen LogP contribution >= 0.6 is 0 Å². The maximum atomic E-state index is 13.6. The molecule has 5 aliphatic rings. The van der Waals surface area contributed by atoms with Gasteiger partial charge in [-0.1, -0.05) is 6.42 Å². The first kappa shape index (κ1) is 25.9. The number of nitrogens with zero attached hydrogens (tertiary/aromatic N) is 1. The highest BCUT2D eigenvalue weighted by Gasteiger charge is 2.48. The van der Waals surface area contributed by atoms with Crippen molar-refractivity contribution in [2.75, 3.05) is 19.6 Å². The van der Waals surface area contributed by atoms with Crippen molar-refractivity contribution >= 4 is 17.6 Å². The molecule has 36 heavy (non-hydrogen) atoms. The van der Waals surface area contributed by atoms with E-state index in [1.54, 1.807) is 0 Å². The molecule has 5 fully saturated rings. The quantitative estimate of drug-likeness (QED) is 0.227.